The molecule has 0 aliphatic rings. The molecule has 0 radical (unpaired) electrons. The topological polar surface area (TPSA) is 37.8 Å². The smallest absolute Gasteiger partial charge is 0.148 e. The van der Waals surface area contributed by atoms with Gasteiger partial charge < -0.3 is 5.32 Å². The number of hydrogen-bond donors (Lipinski definition) is 1. The second-order valence-electron chi connectivity index (χ2n) is 3.05. The Bertz CT molecular complexity index is 265. The Morgan fingerprint density at radius 2 is 2.38 bits per heavy atom. The first-order chi connectivity index (χ1) is 6.22. The number of anilines is 1. The summed E-state index contributed by atoms with van der Waals surface area (Å²) in [5.74, 6) is 0.862. The third-order valence-corrected chi connectivity index (χ3v) is 2.74. The Morgan fingerprint density at radius 3 is 3.00 bits per heavy atom. The zero-order valence-electron chi connectivity index (χ0n) is 8.24. The molecule has 0 saturated heterocycles. The summed E-state index contributed by atoms with van der Waals surface area (Å²) in [5, 5.41) is 11.7. The van der Waals surface area contributed by atoms with Gasteiger partial charge >= 0.3 is 0 Å². The highest BCUT2D eigenvalue weighted by Gasteiger charge is 1.99. The molecule has 1 N–H and O–H groups in total. The minimum absolute atomic E-state index is 0.599. The second-order valence-corrected chi connectivity index (χ2v) is 4.32. The monoisotopic (exact) mass is 197 g/mol. The number of aromatic nitrogens is 2. The van der Waals surface area contributed by atoms with Gasteiger partial charge in [-0.2, -0.15) is 16.9 Å². The Morgan fingerprint density at radius 1 is 1.62 bits per heavy atom. The van der Waals surface area contributed by atoms with Crippen LogP contribution in [-0.2, 0) is 0 Å². The first-order valence-electron chi connectivity index (χ1n) is 4.28. The Balaban J connectivity index is 2.45. The molecule has 4 heteroatoms. The van der Waals surface area contributed by atoms with Crippen LogP contribution < -0.4 is 5.32 Å². The van der Waals surface area contributed by atoms with Gasteiger partial charge in [0.05, 0.1) is 6.20 Å². The van der Waals surface area contributed by atoms with Crippen LogP contribution in [0.4, 0.5) is 5.82 Å². The maximum Gasteiger partial charge on any atom is 0.148 e. The summed E-state index contributed by atoms with van der Waals surface area (Å²) in [7, 11) is 0. The van der Waals surface area contributed by atoms with Crippen LogP contribution in [0.2, 0.25) is 0 Å². The predicted octanol–water partition coefficient (Wildman–Crippen LogP) is 1.95. The lowest BCUT2D eigenvalue weighted by atomic mass is 10.3. The van der Waals surface area contributed by atoms with Crippen molar-refractivity contribution in [2.45, 2.75) is 19.1 Å². The first-order valence-corrected chi connectivity index (χ1v) is 5.57. The molecule has 0 fully saturated rings. The largest absolute Gasteiger partial charge is 0.367 e. The van der Waals surface area contributed by atoms with Gasteiger partial charge in [0.1, 0.15) is 5.82 Å². The summed E-state index contributed by atoms with van der Waals surface area (Å²) in [6.07, 6.45) is 3.86. The second kappa shape index (κ2) is 5.07. The van der Waals surface area contributed by atoms with Gasteiger partial charge in [0, 0.05) is 11.8 Å². The van der Waals surface area contributed by atoms with Crippen LogP contribution >= 0.6 is 11.8 Å². The van der Waals surface area contributed by atoms with Crippen molar-refractivity contribution in [3.63, 3.8) is 0 Å². The van der Waals surface area contributed by atoms with Crippen LogP contribution in [0.15, 0.2) is 12.3 Å². The maximum absolute atomic E-state index is 3.98. The predicted molar refractivity (Wildman–Crippen MR) is 58.2 cm³/mol. The average molecular weight is 197 g/mol. The van der Waals surface area contributed by atoms with Gasteiger partial charge in [-0.3, -0.25) is 0 Å². The van der Waals surface area contributed by atoms with Crippen LogP contribution in [0.3, 0.4) is 0 Å². The van der Waals surface area contributed by atoms with E-state index in [1.165, 1.54) is 0 Å². The number of thioether (sulfide) groups is 1. The van der Waals surface area contributed by atoms with E-state index in [0.29, 0.717) is 5.25 Å². The third-order valence-electron chi connectivity index (χ3n) is 1.76. The molecule has 72 valence electrons. The van der Waals surface area contributed by atoms with Gasteiger partial charge in [0.2, 0.25) is 0 Å². The van der Waals surface area contributed by atoms with Crippen molar-refractivity contribution in [3.8, 4) is 0 Å². The number of rotatable bonds is 4. The van der Waals surface area contributed by atoms with E-state index in [-0.39, 0.29) is 0 Å². The molecule has 1 unspecified atom stereocenters. The lowest BCUT2D eigenvalue weighted by Crippen LogP contribution is -2.13. The molecule has 1 heterocycles. The van der Waals surface area contributed by atoms with E-state index in [9.17, 15) is 0 Å². The van der Waals surface area contributed by atoms with E-state index >= 15 is 0 Å². The highest BCUT2D eigenvalue weighted by molar-refractivity contribution is 7.99. The average Bonchev–Trinajstić information content (AvgIpc) is 2.14. The van der Waals surface area contributed by atoms with Crippen molar-refractivity contribution in [2.75, 3.05) is 18.1 Å². The molecule has 0 aliphatic carbocycles. The standard InChI is InChI=1S/C9H15N3S/c1-7-4-9(12-11-5-7)10-6-8(2)13-3/h4-5,8H,6H2,1-3H3,(H,10,12). The van der Waals surface area contributed by atoms with Crippen LogP contribution in [0.25, 0.3) is 0 Å². The molecule has 0 bridgehead atoms. The van der Waals surface area contributed by atoms with Crippen molar-refractivity contribution in [3.05, 3.63) is 17.8 Å². The molecule has 0 aliphatic heterocycles. The van der Waals surface area contributed by atoms with E-state index in [0.717, 1.165) is 17.9 Å². The number of aryl methyl sites for hydroxylation is 1. The lowest BCUT2D eigenvalue weighted by molar-refractivity contribution is 0.953. The van der Waals surface area contributed by atoms with E-state index in [4.69, 9.17) is 0 Å². The van der Waals surface area contributed by atoms with Crippen LogP contribution in [0.1, 0.15) is 12.5 Å². The van der Waals surface area contributed by atoms with Crippen molar-refractivity contribution in [1.82, 2.24) is 10.2 Å². The summed E-state index contributed by atoms with van der Waals surface area (Å²) < 4.78 is 0. The van der Waals surface area contributed by atoms with Crippen LogP contribution in [-0.4, -0.2) is 28.2 Å². The van der Waals surface area contributed by atoms with Gasteiger partial charge in [0.25, 0.3) is 0 Å². The van der Waals surface area contributed by atoms with Crippen molar-refractivity contribution < 1.29 is 0 Å². The van der Waals surface area contributed by atoms with E-state index in [2.05, 4.69) is 28.7 Å². The summed E-state index contributed by atoms with van der Waals surface area (Å²) in [5.41, 5.74) is 1.13. The fourth-order valence-electron chi connectivity index (χ4n) is 0.882. The molecule has 3 nitrogen and oxygen atoms in total. The molecular formula is C9H15N3S. The zero-order valence-corrected chi connectivity index (χ0v) is 9.06. The minimum Gasteiger partial charge on any atom is -0.367 e. The van der Waals surface area contributed by atoms with E-state index < -0.39 is 0 Å². The third kappa shape index (κ3) is 3.63. The highest BCUT2D eigenvalue weighted by Crippen LogP contribution is 2.07. The summed E-state index contributed by atoms with van der Waals surface area (Å²) in [6, 6.07) is 2.00. The van der Waals surface area contributed by atoms with Crippen molar-refractivity contribution in [2.24, 2.45) is 0 Å². The Labute approximate surface area is 83.3 Å². The van der Waals surface area contributed by atoms with Crippen LogP contribution in [0, 0.1) is 6.92 Å². The van der Waals surface area contributed by atoms with Gasteiger partial charge in [-0.05, 0) is 24.8 Å². The summed E-state index contributed by atoms with van der Waals surface area (Å²) >= 11 is 1.84. The molecule has 1 atom stereocenters. The lowest BCUT2D eigenvalue weighted by Gasteiger charge is -2.09. The van der Waals surface area contributed by atoms with Gasteiger partial charge in [-0.15, -0.1) is 5.10 Å². The van der Waals surface area contributed by atoms with Crippen molar-refractivity contribution in [1.29, 1.82) is 0 Å². The van der Waals surface area contributed by atoms with Gasteiger partial charge in [-0.1, -0.05) is 6.92 Å². The van der Waals surface area contributed by atoms with Crippen LogP contribution in [0.5, 0.6) is 0 Å². The SMILES string of the molecule is CSC(C)CNc1cc(C)cnn1. The number of nitrogens with one attached hydrogen (secondary N) is 1. The number of hydrogen-bond acceptors (Lipinski definition) is 4. The molecule has 1 rings (SSSR count). The number of nitrogens with zero attached hydrogens (tertiary/aromatic N) is 2. The molecule has 0 amide bonds. The fourth-order valence-corrected chi connectivity index (χ4v) is 1.13. The molecule has 0 aromatic carbocycles. The molecule has 0 saturated carbocycles. The summed E-state index contributed by atoms with van der Waals surface area (Å²) in [4.78, 5) is 0. The molecule has 0 spiro atoms. The van der Waals surface area contributed by atoms with E-state index in [1.807, 2.05) is 24.8 Å². The fraction of sp³-hybridized carbons (Fsp3) is 0.556. The van der Waals surface area contributed by atoms with Crippen molar-refractivity contribution >= 4 is 17.6 Å². The van der Waals surface area contributed by atoms with E-state index in [1.54, 1.807) is 6.20 Å². The van der Waals surface area contributed by atoms with Gasteiger partial charge in [-0.25, -0.2) is 0 Å². The zero-order chi connectivity index (χ0) is 9.68. The molecule has 1 aromatic rings. The minimum atomic E-state index is 0.599. The quantitative estimate of drug-likeness (QED) is 0.800. The molecule has 13 heavy (non-hydrogen) atoms. The van der Waals surface area contributed by atoms with Gasteiger partial charge in [0.15, 0.2) is 0 Å². The normalized spacial score (nSPS) is 12.5. The summed E-state index contributed by atoms with van der Waals surface area (Å²) in [6.45, 7) is 5.12. The molecule has 1 aromatic heterocycles. The Hall–Kier alpha value is -0.770. The maximum atomic E-state index is 3.98. The highest BCUT2D eigenvalue weighted by atomic mass is 32.2. The Kier molecular flexibility index (Phi) is 4.02. The first kappa shape index (κ1) is 10.3. The molecular weight excluding hydrogens is 182 g/mol.